The first-order chi connectivity index (χ1) is 7.77. The highest BCUT2D eigenvalue weighted by Gasteiger charge is 2.20. The van der Waals surface area contributed by atoms with E-state index in [0.717, 1.165) is 6.54 Å². The fraction of sp³-hybridized carbons (Fsp3) is 0.833. The summed E-state index contributed by atoms with van der Waals surface area (Å²) in [5.41, 5.74) is 0. The third-order valence-electron chi connectivity index (χ3n) is 2.76. The van der Waals surface area contributed by atoms with Crippen LogP contribution in [0.3, 0.4) is 0 Å². The molecule has 0 aliphatic carbocycles. The topological polar surface area (TPSA) is 69.6 Å². The van der Waals surface area contributed by atoms with Crippen LogP contribution in [0.5, 0.6) is 0 Å². The van der Waals surface area contributed by atoms with E-state index < -0.39 is 17.8 Å². The van der Waals surface area contributed by atoms with Gasteiger partial charge in [0.15, 0.2) is 0 Å². The van der Waals surface area contributed by atoms with Gasteiger partial charge in [-0.3, -0.25) is 14.5 Å². The van der Waals surface area contributed by atoms with Gasteiger partial charge in [-0.1, -0.05) is 0 Å². The third kappa shape index (κ3) is 5.68. The van der Waals surface area contributed by atoms with Gasteiger partial charge in [0.2, 0.25) is 5.91 Å². The third-order valence-corrected chi connectivity index (χ3v) is 2.76. The zero-order valence-corrected chi connectivity index (χ0v) is 11.4. The van der Waals surface area contributed by atoms with Crippen molar-refractivity contribution in [2.24, 2.45) is 5.92 Å². The van der Waals surface area contributed by atoms with E-state index in [1.54, 1.807) is 0 Å². The van der Waals surface area contributed by atoms with Crippen LogP contribution in [-0.2, 0) is 9.59 Å². The Hall–Kier alpha value is -1.10. The van der Waals surface area contributed by atoms with E-state index in [4.69, 9.17) is 5.11 Å². The van der Waals surface area contributed by atoms with Crippen LogP contribution in [0.1, 0.15) is 34.6 Å². The first-order valence-corrected chi connectivity index (χ1v) is 6.03. The van der Waals surface area contributed by atoms with Gasteiger partial charge in [-0.05, 0) is 34.6 Å². The highest BCUT2D eigenvalue weighted by atomic mass is 16.4. The summed E-state index contributed by atoms with van der Waals surface area (Å²) in [5, 5.41) is 11.3. The highest BCUT2D eigenvalue weighted by Crippen LogP contribution is 2.03. The minimum atomic E-state index is -1.09. The molecule has 5 nitrogen and oxygen atoms in total. The van der Waals surface area contributed by atoms with Gasteiger partial charge in [-0.15, -0.1) is 0 Å². The Labute approximate surface area is 103 Å². The zero-order valence-electron chi connectivity index (χ0n) is 11.4. The maximum Gasteiger partial charge on any atom is 0.315 e. The number of carbonyl (C=O) groups is 2. The van der Waals surface area contributed by atoms with Crippen molar-refractivity contribution >= 4 is 11.9 Å². The number of carboxylic acids is 1. The van der Waals surface area contributed by atoms with Crippen molar-refractivity contribution in [2.45, 2.75) is 46.7 Å². The van der Waals surface area contributed by atoms with E-state index >= 15 is 0 Å². The smallest absolute Gasteiger partial charge is 0.315 e. The van der Waals surface area contributed by atoms with Gasteiger partial charge in [0.1, 0.15) is 5.92 Å². The van der Waals surface area contributed by atoms with E-state index in [2.05, 4.69) is 37.9 Å². The second-order valence-corrected chi connectivity index (χ2v) is 4.78. The standard InChI is InChI=1S/C12H24N2O3/c1-8(2)14(9(3)4)7-6-13-11(15)10(5)12(16)17/h8-10H,6-7H2,1-5H3,(H,13,15)(H,16,17). The molecule has 0 saturated carbocycles. The summed E-state index contributed by atoms with van der Waals surface area (Å²) in [6.07, 6.45) is 0. The molecule has 0 heterocycles. The number of nitrogens with one attached hydrogen (secondary N) is 1. The summed E-state index contributed by atoms with van der Waals surface area (Å²) >= 11 is 0. The molecule has 0 aliphatic heterocycles. The Balaban J connectivity index is 4.05. The predicted octanol–water partition coefficient (Wildman–Crippen LogP) is 0.942. The lowest BCUT2D eigenvalue weighted by Crippen LogP contribution is -2.44. The number of amides is 1. The SMILES string of the molecule is CC(C(=O)O)C(=O)NCCN(C(C)C)C(C)C. The summed E-state index contributed by atoms with van der Waals surface area (Å²) in [6, 6.07) is 0.813. The molecule has 0 saturated heterocycles. The van der Waals surface area contributed by atoms with Crippen LogP contribution >= 0.6 is 0 Å². The van der Waals surface area contributed by atoms with E-state index in [1.165, 1.54) is 6.92 Å². The summed E-state index contributed by atoms with van der Waals surface area (Å²) < 4.78 is 0. The van der Waals surface area contributed by atoms with Crippen LogP contribution in [0.25, 0.3) is 0 Å². The van der Waals surface area contributed by atoms with E-state index in [1.807, 2.05) is 0 Å². The van der Waals surface area contributed by atoms with Gasteiger partial charge in [-0.25, -0.2) is 0 Å². The molecule has 0 radical (unpaired) electrons. The van der Waals surface area contributed by atoms with Crippen molar-refractivity contribution in [3.8, 4) is 0 Å². The molecule has 0 aromatic heterocycles. The highest BCUT2D eigenvalue weighted by molar-refractivity contribution is 5.96. The van der Waals surface area contributed by atoms with Gasteiger partial charge in [0.25, 0.3) is 0 Å². The molecule has 0 rings (SSSR count). The molecule has 1 unspecified atom stereocenters. The zero-order chi connectivity index (χ0) is 13.6. The Morgan fingerprint density at radius 1 is 1.12 bits per heavy atom. The average Bonchev–Trinajstić information content (AvgIpc) is 2.21. The Bertz CT molecular complexity index is 256. The van der Waals surface area contributed by atoms with Crippen molar-refractivity contribution in [1.29, 1.82) is 0 Å². The van der Waals surface area contributed by atoms with Gasteiger partial charge in [0, 0.05) is 25.2 Å². The second kappa shape index (κ2) is 7.27. The molecule has 0 spiro atoms. The molecule has 0 aromatic rings. The minimum absolute atomic E-state index is 0.406. The van der Waals surface area contributed by atoms with Gasteiger partial charge in [-0.2, -0.15) is 0 Å². The first kappa shape index (κ1) is 15.9. The largest absolute Gasteiger partial charge is 0.481 e. The van der Waals surface area contributed by atoms with Crippen LogP contribution in [0.15, 0.2) is 0 Å². The first-order valence-electron chi connectivity index (χ1n) is 6.03. The molecular weight excluding hydrogens is 220 g/mol. The summed E-state index contributed by atoms with van der Waals surface area (Å²) in [6.45, 7) is 11.0. The number of nitrogens with zero attached hydrogens (tertiary/aromatic N) is 1. The maximum absolute atomic E-state index is 11.4. The summed E-state index contributed by atoms with van der Waals surface area (Å²) in [5.74, 6) is -2.50. The van der Waals surface area contributed by atoms with Crippen molar-refractivity contribution in [1.82, 2.24) is 10.2 Å². The number of hydrogen-bond donors (Lipinski definition) is 2. The molecule has 0 aromatic carbocycles. The Morgan fingerprint density at radius 2 is 1.59 bits per heavy atom. The molecule has 1 amide bonds. The molecule has 0 fully saturated rings. The quantitative estimate of drug-likeness (QED) is 0.654. The molecule has 0 bridgehead atoms. The molecule has 0 aliphatic rings. The van der Waals surface area contributed by atoms with E-state index in [0.29, 0.717) is 18.6 Å². The van der Waals surface area contributed by atoms with Gasteiger partial charge < -0.3 is 10.4 Å². The summed E-state index contributed by atoms with van der Waals surface area (Å²) in [7, 11) is 0. The van der Waals surface area contributed by atoms with Crippen LogP contribution in [0.4, 0.5) is 0 Å². The van der Waals surface area contributed by atoms with E-state index in [-0.39, 0.29) is 0 Å². The van der Waals surface area contributed by atoms with Crippen molar-refractivity contribution in [3.05, 3.63) is 0 Å². The van der Waals surface area contributed by atoms with Crippen LogP contribution in [-0.4, -0.2) is 47.1 Å². The van der Waals surface area contributed by atoms with Crippen molar-refractivity contribution < 1.29 is 14.7 Å². The predicted molar refractivity (Wildman–Crippen MR) is 66.8 cm³/mol. The van der Waals surface area contributed by atoms with Gasteiger partial charge in [0.05, 0.1) is 0 Å². The normalized spacial score (nSPS) is 13.2. The fourth-order valence-corrected chi connectivity index (χ4v) is 1.69. The average molecular weight is 244 g/mol. The molecule has 1 atom stereocenters. The van der Waals surface area contributed by atoms with E-state index in [9.17, 15) is 9.59 Å². The molecule has 17 heavy (non-hydrogen) atoms. The maximum atomic E-state index is 11.4. The molecule has 5 heteroatoms. The lowest BCUT2D eigenvalue weighted by atomic mass is 10.1. The number of carbonyl (C=O) groups excluding carboxylic acids is 1. The van der Waals surface area contributed by atoms with Crippen molar-refractivity contribution in [2.75, 3.05) is 13.1 Å². The monoisotopic (exact) mass is 244 g/mol. The number of rotatable bonds is 7. The Morgan fingerprint density at radius 3 is 1.94 bits per heavy atom. The summed E-state index contributed by atoms with van der Waals surface area (Å²) in [4.78, 5) is 24.2. The molecule has 100 valence electrons. The lowest BCUT2D eigenvalue weighted by molar-refractivity contribution is -0.146. The number of carboxylic acid groups (broad SMARTS) is 1. The van der Waals surface area contributed by atoms with Crippen LogP contribution < -0.4 is 5.32 Å². The van der Waals surface area contributed by atoms with Crippen molar-refractivity contribution in [3.63, 3.8) is 0 Å². The minimum Gasteiger partial charge on any atom is -0.481 e. The van der Waals surface area contributed by atoms with Crippen LogP contribution in [0, 0.1) is 5.92 Å². The number of aliphatic carboxylic acids is 1. The Kier molecular flexibility index (Phi) is 6.80. The van der Waals surface area contributed by atoms with Gasteiger partial charge >= 0.3 is 5.97 Å². The fourth-order valence-electron chi connectivity index (χ4n) is 1.69. The van der Waals surface area contributed by atoms with Crippen LogP contribution in [0.2, 0.25) is 0 Å². The lowest BCUT2D eigenvalue weighted by Gasteiger charge is -2.30. The molecule has 2 N–H and O–H groups in total. The molecular formula is C12H24N2O3. The second-order valence-electron chi connectivity index (χ2n) is 4.78. The number of hydrogen-bond acceptors (Lipinski definition) is 3.